The lowest BCUT2D eigenvalue weighted by Crippen LogP contribution is -2.31. The SMILES string of the molecule is C=CCn1c(COc2cccc(C)c2)nnc1SCC(=O)N(CC)Cc1ccc(OC)c(F)c1. The third-order valence-electron chi connectivity index (χ3n) is 5.11. The summed E-state index contributed by atoms with van der Waals surface area (Å²) in [7, 11) is 1.42. The molecule has 0 radical (unpaired) electrons. The summed E-state index contributed by atoms with van der Waals surface area (Å²) in [6, 6.07) is 12.5. The van der Waals surface area contributed by atoms with Crippen molar-refractivity contribution in [1.29, 1.82) is 0 Å². The summed E-state index contributed by atoms with van der Waals surface area (Å²) in [5, 5.41) is 9.11. The van der Waals surface area contributed by atoms with Crippen LogP contribution in [0.3, 0.4) is 0 Å². The van der Waals surface area contributed by atoms with Crippen LogP contribution < -0.4 is 9.47 Å². The summed E-state index contributed by atoms with van der Waals surface area (Å²) in [6.45, 7) is 9.27. The molecule has 1 heterocycles. The standard InChI is InChI=1S/C25H29FN4O3S/c1-5-12-30-23(16-33-20-9-7-8-18(3)13-20)27-28-25(30)34-17-24(31)29(6-2)15-19-10-11-22(32-4)21(26)14-19/h5,7-11,13-14H,1,6,12,15-17H2,2-4H3. The molecular weight excluding hydrogens is 455 g/mol. The number of aryl methyl sites for hydroxylation is 1. The first-order valence-corrected chi connectivity index (χ1v) is 11.9. The molecule has 0 saturated carbocycles. The molecule has 1 aromatic heterocycles. The lowest BCUT2D eigenvalue weighted by molar-refractivity contribution is -0.128. The van der Waals surface area contributed by atoms with E-state index in [1.165, 1.54) is 24.9 Å². The first-order chi connectivity index (χ1) is 16.4. The van der Waals surface area contributed by atoms with E-state index in [1.54, 1.807) is 23.1 Å². The maximum atomic E-state index is 14.0. The first kappa shape index (κ1) is 25.3. The van der Waals surface area contributed by atoms with E-state index < -0.39 is 5.82 Å². The summed E-state index contributed by atoms with van der Waals surface area (Å²) in [5.41, 5.74) is 1.81. The molecule has 7 nitrogen and oxygen atoms in total. The molecule has 0 saturated heterocycles. The van der Waals surface area contributed by atoms with E-state index in [4.69, 9.17) is 9.47 Å². The molecule has 180 valence electrons. The molecule has 9 heteroatoms. The van der Waals surface area contributed by atoms with Crippen molar-refractivity contribution >= 4 is 17.7 Å². The van der Waals surface area contributed by atoms with E-state index in [9.17, 15) is 9.18 Å². The number of aromatic nitrogens is 3. The average molecular weight is 485 g/mol. The summed E-state index contributed by atoms with van der Waals surface area (Å²) < 4.78 is 26.7. The van der Waals surface area contributed by atoms with Gasteiger partial charge in [0.15, 0.2) is 22.5 Å². The highest BCUT2D eigenvalue weighted by Crippen LogP contribution is 2.22. The van der Waals surface area contributed by atoms with E-state index in [1.807, 2.05) is 42.7 Å². The van der Waals surface area contributed by atoms with Crippen LogP contribution in [-0.2, 0) is 24.5 Å². The lowest BCUT2D eigenvalue weighted by atomic mass is 10.2. The van der Waals surface area contributed by atoms with Crippen molar-refractivity contribution in [3.63, 3.8) is 0 Å². The maximum Gasteiger partial charge on any atom is 0.233 e. The van der Waals surface area contributed by atoms with Crippen LogP contribution in [0.25, 0.3) is 0 Å². The quantitative estimate of drug-likeness (QED) is 0.276. The summed E-state index contributed by atoms with van der Waals surface area (Å²) in [5.74, 6) is 1.24. The highest BCUT2D eigenvalue weighted by atomic mass is 32.2. The van der Waals surface area contributed by atoms with Crippen LogP contribution in [0.5, 0.6) is 11.5 Å². The second-order valence-electron chi connectivity index (χ2n) is 7.57. The van der Waals surface area contributed by atoms with Gasteiger partial charge in [-0.1, -0.05) is 36.0 Å². The second-order valence-corrected chi connectivity index (χ2v) is 8.51. The summed E-state index contributed by atoms with van der Waals surface area (Å²) in [6.07, 6.45) is 1.75. The number of benzene rings is 2. The molecule has 34 heavy (non-hydrogen) atoms. The number of hydrogen-bond donors (Lipinski definition) is 0. The Labute approximate surface area is 203 Å². The van der Waals surface area contributed by atoms with Crippen molar-refractivity contribution in [3.05, 3.63) is 77.9 Å². The number of rotatable bonds is 12. The average Bonchev–Trinajstić information content (AvgIpc) is 3.21. The summed E-state index contributed by atoms with van der Waals surface area (Å²) >= 11 is 1.30. The van der Waals surface area contributed by atoms with Crippen molar-refractivity contribution in [1.82, 2.24) is 19.7 Å². The third-order valence-corrected chi connectivity index (χ3v) is 6.06. The number of allylic oxidation sites excluding steroid dienone is 1. The van der Waals surface area contributed by atoms with Gasteiger partial charge in [0.1, 0.15) is 12.4 Å². The molecule has 2 aromatic carbocycles. The molecule has 3 aromatic rings. The van der Waals surface area contributed by atoms with E-state index in [-0.39, 0.29) is 24.0 Å². The van der Waals surface area contributed by atoms with Gasteiger partial charge < -0.3 is 14.4 Å². The molecular formula is C25H29FN4O3S. The van der Waals surface area contributed by atoms with Gasteiger partial charge in [0.2, 0.25) is 5.91 Å². The third kappa shape index (κ3) is 6.60. The van der Waals surface area contributed by atoms with Crippen LogP contribution in [-0.4, -0.2) is 45.0 Å². The summed E-state index contributed by atoms with van der Waals surface area (Å²) in [4.78, 5) is 14.5. The smallest absolute Gasteiger partial charge is 0.233 e. The van der Waals surface area contributed by atoms with Gasteiger partial charge in [-0.15, -0.1) is 16.8 Å². The van der Waals surface area contributed by atoms with Crippen LogP contribution >= 0.6 is 11.8 Å². The van der Waals surface area contributed by atoms with Crippen LogP contribution in [0.4, 0.5) is 4.39 Å². The molecule has 0 aliphatic carbocycles. The fourth-order valence-electron chi connectivity index (χ4n) is 3.32. The number of hydrogen-bond acceptors (Lipinski definition) is 6. The number of carbonyl (C=O) groups excluding carboxylic acids is 1. The Balaban J connectivity index is 1.63. The minimum Gasteiger partial charge on any atom is -0.494 e. The van der Waals surface area contributed by atoms with Crippen molar-refractivity contribution < 1.29 is 18.7 Å². The van der Waals surface area contributed by atoms with Crippen molar-refractivity contribution in [3.8, 4) is 11.5 Å². The van der Waals surface area contributed by atoms with Gasteiger partial charge in [-0.05, 0) is 49.2 Å². The van der Waals surface area contributed by atoms with Crippen molar-refractivity contribution in [2.24, 2.45) is 0 Å². The lowest BCUT2D eigenvalue weighted by Gasteiger charge is -2.21. The van der Waals surface area contributed by atoms with Crippen LogP contribution in [0.1, 0.15) is 23.9 Å². The predicted octanol–water partition coefficient (Wildman–Crippen LogP) is 4.64. The monoisotopic (exact) mass is 484 g/mol. The molecule has 1 amide bonds. The number of ether oxygens (including phenoxy) is 2. The van der Waals surface area contributed by atoms with Gasteiger partial charge in [0.05, 0.1) is 12.9 Å². The molecule has 0 bridgehead atoms. The molecule has 0 atom stereocenters. The molecule has 0 unspecified atom stereocenters. The Morgan fingerprint density at radius 3 is 2.76 bits per heavy atom. The Bertz CT molecular complexity index is 1140. The number of thioether (sulfide) groups is 1. The van der Waals surface area contributed by atoms with Crippen LogP contribution in [0, 0.1) is 12.7 Å². The van der Waals surface area contributed by atoms with Gasteiger partial charge >= 0.3 is 0 Å². The Morgan fingerprint density at radius 2 is 2.09 bits per heavy atom. The molecule has 0 aliphatic rings. The zero-order chi connectivity index (χ0) is 24.5. The number of nitrogens with zero attached hydrogens (tertiary/aromatic N) is 4. The Morgan fingerprint density at radius 1 is 1.26 bits per heavy atom. The van der Waals surface area contributed by atoms with E-state index in [0.29, 0.717) is 36.2 Å². The van der Waals surface area contributed by atoms with Gasteiger partial charge in [-0.3, -0.25) is 9.36 Å². The number of amides is 1. The van der Waals surface area contributed by atoms with Crippen molar-refractivity contribution in [2.75, 3.05) is 19.4 Å². The Hall–Kier alpha value is -3.33. The minimum absolute atomic E-state index is 0.0746. The zero-order valence-electron chi connectivity index (χ0n) is 19.7. The first-order valence-electron chi connectivity index (χ1n) is 10.9. The van der Waals surface area contributed by atoms with Crippen LogP contribution in [0.15, 0.2) is 60.3 Å². The van der Waals surface area contributed by atoms with Gasteiger partial charge in [0.25, 0.3) is 0 Å². The predicted molar refractivity (Wildman–Crippen MR) is 130 cm³/mol. The fourth-order valence-corrected chi connectivity index (χ4v) is 4.19. The van der Waals surface area contributed by atoms with Gasteiger partial charge in [-0.2, -0.15) is 0 Å². The highest BCUT2D eigenvalue weighted by Gasteiger charge is 2.18. The molecule has 0 fully saturated rings. The normalized spacial score (nSPS) is 10.7. The minimum atomic E-state index is -0.448. The fraction of sp³-hybridized carbons (Fsp3) is 0.320. The largest absolute Gasteiger partial charge is 0.494 e. The molecule has 3 rings (SSSR count). The molecule has 0 N–H and O–H groups in total. The Kier molecular flexibility index (Phi) is 9.09. The van der Waals surface area contributed by atoms with E-state index in [2.05, 4.69) is 16.8 Å². The molecule has 0 spiro atoms. The van der Waals surface area contributed by atoms with E-state index >= 15 is 0 Å². The maximum absolute atomic E-state index is 14.0. The van der Waals surface area contributed by atoms with Gasteiger partial charge in [-0.25, -0.2) is 4.39 Å². The number of carbonyl (C=O) groups is 1. The van der Waals surface area contributed by atoms with E-state index in [0.717, 1.165) is 11.3 Å². The number of methoxy groups -OCH3 is 1. The molecule has 0 aliphatic heterocycles. The number of halogens is 1. The van der Waals surface area contributed by atoms with Crippen molar-refractivity contribution in [2.45, 2.75) is 38.7 Å². The zero-order valence-corrected chi connectivity index (χ0v) is 20.5. The second kappa shape index (κ2) is 12.2. The van der Waals surface area contributed by atoms with Crippen LogP contribution in [0.2, 0.25) is 0 Å². The topological polar surface area (TPSA) is 69.5 Å². The van der Waals surface area contributed by atoms with Gasteiger partial charge in [0, 0.05) is 19.6 Å². The highest BCUT2D eigenvalue weighted by molar-refractivity contribution is 7.99.